The molecule has 76 valence electrons. The first-order valence-corrected chi connectivity index (χ1v) is 5.21. The molecule has 0 fully saturated rings. The number of unbranched alkanes of at least 4 members (excludes halogenated alkanes) is 4. The maximum atomic E-state index is 10.9. The van der Waals surface area contributed by atoms with Gasteiger partial charge in [-0.25, -0.2) is 0 Å². The van der Waals surface area contributed by atoms with E-state index in [1.54, 1.807) is 0 Å². The summed E-state index contributed by atoms with van der Waals surface area (Å²) in [6.07, 6.45) is 7.32. The predicted octanol–water partition coefficient (Wildman–Crippen LogP) is 2.75. The van der Waals surface area contributed by atoms with Gasteiger partial charge in [0.25, 0.3) is 0 Å². The van der Waals surface area contributed by atoms with E-state index in [1.807, 2.05) is 6.92 Å². The summed E-state index contributed by atoms with van der Waals surface area (Å²) in [4.78, 5) is 21.0. The lowest BCUT2D eigenvalue weighted by molar-refractivity contribution is -0.132. The van der Waals surface area contributed by atoms with Crippen molar-refractivity contribution in [3.63, 3.8) is 0 Å². The summed E-state index contributed by atoms with van der Waals surface area (Å²) in [6, 6.07) is 0. The van der Waals surface area contributed by atoms with Crippen molar-refractivity contribution in [2.75, 3.05) is 0 Å². The van der Waals surface area contributed by atoms with Gasteiger partial charge >= 0.3 is 0 Å². The minimum absolute atomic E-state index is 0.0703. The highest BCUT2D eigenvalue weighted by molar-refractivity contribution is 6.25. The second-order valence-electron chi connectivity index (χ2n) is 3.62. The standard InChI is InChI=1S/C11H20O2/c1-3-4-5-6-7-8-10(2)11(13)9-12/h9-10H,3-8H2,1-2H3. The molecule has 1 atom stereocenters. The van der Waals surface area contributed by atoms with Gasteiger partial charge in [-0.15, -0.1) is 0 Å². The molecule has 0 aromatic carbocycles. The summed E-state index contributed by atoms with van der Waals surface area (Å²) in [5.41, 5.74) is 0. The van der Waals surface area contributed by atoms with Crippen LogP contribution in [0.1, 0.15) is 52.4 Å². The van der Waals surface area contributed by atoms with Gasteiger partial charge in [-0.2, -0.15) is 0 Å². The van der Waals surface area contributed by atoms with Gasteiger partial charge in [-0.1, -0.05) is 46.0 Å². The third kappa shape index (κ3) is 6.50. The highest BCUT2D eigenvalue weighted by atomic mass is 16.2. The number of Topliss-reactive ketones (excluding diaryl/α,β-unsaturated/α-hetero) is 1. The van der Waals surface area contributed by atoms with Crippen molar-refractivity contribution in [2.45, 2.75) is 52.4 Å². The number of rotatable bonds is 8. The van der Waals surface area contributed by atoms with E-state index in [2.05, 4.69) is 6.92 Å². The molecule has 0 aliphatic rings. The lowest BCUT2D eigenvalue weighted by atomic mass is 9.99. The first-order valence-electron chi connectivity index (χ1n) is 5.21. The van der Waals surface area contributed by atoms with E-state index in [9.17, 15) is 9.59 Å². The fraction of sp³-hybridized carbons (Fsp3) is 0.818. The molecule has 0 spiro atoms. The largest absolute Gasteiger partial charge is 0.295 e. The fourth-order valence-corrected chi connectivity index (χ4v) is 1.31. The fourth-order valence-electron chi connectivity index (χ4n) is 1.31. The van der Waals surface area contributed by atoms with Gasteiger partial charge < -0.3 is 0 Å². The Hall–Kier alpha value is -0.660. The van der Waals surface area contributed by atoms with E-state index in [1.165, 1.54) is 25.7 Å². The molecule has 0 aromatic heterocycles. The molecule has 0 radical (unpaired) electrons. The normalized spacial score (nSPS) is 12.5. The Morgan fingerprint density at radius 1 is 1.23 bits per heavy atom. The Morgan fingerprint density at radius 2 is 1.85 bits per heavy atom. The molecule has 0 aliphatic heterocycles. The number of hydrogen-bond acceptors (Lipinski definition) is 2. The summed E-state index contributed by atoms with van der Waals surface area (Å²) < 4.78 is 0. The van der Waals surface area contributed by atoms with Crippen molar-refractivity contribution < 1.29 is 9.59 Å². The summed E-state index contributed by atoms with van der Waals surface area (Å²) in [5, 5.41) is 0. The summed E-state index contributed by atoms with van der Waals surface area (Å²) in [6.45, 7) is 4.01. The molecule has 1 unspecified atom stereocenters. The third-order valence-corrected chi connectivity index (χ3v) is 2.34. The van der Waals surface area contributed by atoms with Crippen LogP contribution in [0.15, 0.2) is 0 Å². The van der Waals surface area contributed by atoms with Crippen molar-refractivity contribution in [3.05, 3.63) is 0 Å². The van der Waals surface area contributed by atoms with Crippen molar-refractivity contribution in [3.8, 4) is 0 Å². The average molecular weight is 184 g/mol. The highest BCUT2D eigenvalue weighted by Gasteiger charge is 2.10. The van der Waals surface area contributed by atoms with Crippen LogP contribution < -0.4 is 0 Å². The van der Waals surface area contributed by atoms with Crippen molar-refractivity contribution in [2.24, 2.45) is 5.92 Å². The third-order valence-electron chi connectivity index (χ3n) is 2.34. The number of carbonyl (C=O) groups excluding carboxylic acids is 2. The van der Waals surface area contributed by atoms with Crippen LogP contribution >= 0.6 is 0 Å². The molecule has 0 saturated carbocycles. The maximum Gasteiger partial charge on any atom is 0.197 e. The van der Waals surface area contributed by atoms with Crippen LogP contribution in [0.25, 0.3) is 0 Å². The van der Waals surface area contributed by atoms with E-state index in [4.69, 9.17) is 0 Å². The zero-order valence-corrected chi connectivity index (χ0v) is 8.71. The number of ketones is 1. The Labute approximate surface area is 80.7 Å². The molecule has 13 heavy (non-hydrogen) atoms. The van der Waals surface area contributed by atoms with E-state index in [0.717, 1.165) is 12.8 Å². The van der Waals surface area contributed by atoms with Crippen LogP contribution in [0.2, 0.25) is 0 Å². The van der Waals surface area contributed by atoms with Gasteiger partial charge in [0.2, 0.25) is 0 Å². The van der Waals surface area contributed by atoms with Gasteiger partial charge in [-0.05, 0) is 6.42 Å². The van der Waals surface area contributed by atoms with Gasteiger partial charge in [-0.3, -0.25) is 9.59 Å². The van der Waals surface area contributed by atoms with E-state index in [-0.39, 0.29) is 11.7 Å². The Morgan fingerprint density at radius 3 is 2.38 bits per heavy atom. The minimum atomic E-state index is -0.254. The van der Waals surface area contributed by atoms with Gasteiger partial charge in [0.15, 0.2) is 12.1 Å². The van der Waals surface area contributed by atoms with Crippen molar-refractivity contribution in [1.29, 1.82) is 0 Å². The zero-order valence-electron chi connectivity index (χ0n) is 8.71. The SMILES string of the molecule is CCCCCCCC(C)C(=O)C=O. The molecular formula is C11H20O2. The average Bonchev–Trinajstić information content (AvgIpc) is 2.16. The monoisotopic (exact) mass is 184 g/mol. The molecule has 0 aliphatic carbocycles. The maximum absolute atomic E-state index is 10.9. The van der Waals surface area contributed by atoms with Crippen LogP contribution in [0.3, 0.4) is 0 Å². The molecule has 0 aromatic rings. The molecule has 0 saturated heterocycles. The second kappa shape index (κ2) is 7.96. The van der Waals surface area contributed by atoms with Gasteiger partial charge in [0.05, 0.1) is 0 Å². The Balaban J connectivity index is 3.31. The zero-order chi connectivity index (χ0) is 10.1. The second-order valence-corrected chi connectivity index (χ2v) is 3.62. The van der Waals surface area contributed by atoms with Crippen LogP contribution in [0.4, 0.5) is 0 Å². The topological polar surface area (TPSA) is 34.1 Å². The number of aldehydes is 1. The number of hydrogen-bond donors (Lipinski definition) is 0. The lowest BCUT2D eigenvalue weighted by Gasteiger charge is -2.05. The molecule has 0 heterocycles. The van der Waals surface area contributed by atoms with Crippen LogP contribution in [0.5, 0.6) is 0 Å². The summed E-state index contributed by atoms with van der Waals surface area (Å²) >= 11 is 0. The van der Waals surface area contributed by atoms with Crippen LogP contribution in [-0.4, -0.2) is 12.1 Å². The number of carbonyl (C=O) groups is 2. The highest BCUT2D eigenvalue weighted by Crippen LogP contribution is 2.11. The van der Waals surface area contributed by atoms with Gasteiger partial charge in [0, 0.05) is 5.92 Å². The first-order chi connectivity index (χ1) is 6.22. The summed E-state index contributed by atoms with van der Waals surface area (Å²) in [7, 11) is 0. The lowest BCUT2D eigenvalue weighted by Crippen LogP contribution is -2.11. The molecule has 0 bridgehead atoms. The molecule has 0 N–H and O–H groups in total. The van der Waals surface area contributed by atoms with Crippen LogP contribution in [-0.2, 0) is 9.59 Å². The summed E-state index contributed by atoms with van der Waals surface area (Å²) in [5.74, 6) is -0.324. The molecular weight excluding hydrogens is 164 g/mol. The Kier molecular flexibility index (Phi) is 7.56. The smallest absolute Gasteiger partial charge is 0.197 e. The molecule has 2 heteroatoms. The van der Waals surface area contributed by atoms with E-state index >= 15 is 0 Å². The molecule has 0 rings (SSSR count). The Bertz CT molecular complexity index is 152. The van der Waals surface area contributed by atoms with Crippen molar-refractivity contribution in [1.82, 2.24) is 0 Å². The van der Waals surface area contributed by atoms with Gasteiger partial charge in [0.1, 0.15) is 0 Å². The minimum Gasteiger partial charge on any atom is -0.295 e. The quantitative estimate of drug-likeness (QED) is 0.330. The molecule has 0 amide bonds. The first kappa shape index (κ1) is 12.3. The van der Waals surface area contributed by atoms with E-state index in [0.29, 0.717) is 6.29 Å². The van der Waals surface area contributed by atoms with Crippen molar-refractivity contribution >= 4 is 12.1 Å². The predicted molar refractivity (Wildman–Crippen MR) is 53.6 cm³/mol. The van der Waals surface area contributed by atoms with E-state index < -0.39 is 0 Å². The van der Waals surface area contributed by atoms with Crippen LogP contribution in [0, 0.1) is 5.92 Å². The molecule has 2 nitrogen and oxygen atoms in total.